The van der Waals surface area contributed by atoms with Gasteiger partial charge < -0.3 is 10.3 Å². The zero-order valence-electron chi connectivity index (χ0n) is 10.9. The number of carbonyl (C=O) groups excluding carboxylic acids is 1. The number of hydrogen-bond donors (Lipinski definition) is 2. The van der Waals surface area contributed by atoms with Crippen molar-refractivity contribution in [3.63, 3.8) is 0 Å². The molecule has 0 aliphatic carbocycles. The molecule has 0 spiro atoms. The summed E-state index contributed by atoms with van der Waals surface area (Å²) in [5.74, 6) is 5.65. The molecule has 0 fully saturated rings. The standard InChI is InChI=1S/C14H16N4O/c1-10-5-3-4-6-12(10)18(2)14(19)11-7-8-16-13(9-11)17-15/h3-9H,15H2,1-2H3,(H,16,17). The van der Waals surface area contributed by atoms with Gasteiger partial charge in [0.2, 0.25) is 0 Å². The molecule has 98 valence electrons. The van der Waals surface area contributed by atoms with Gasteiger partial charge in [0.1, 0.15) is 5.82 Å². The van der Waals surface area contributed by atoms with Crippen LogP contribution in [0.2, 0.25) is 0 Å². The van der Waals surface area contributed by atoms with Crippen LogP contribution in [0.15, 0.2) is 42.6 Å². The molecule has 0 saturated heterocycles. The number of nitrogens with zero attached hydrogens (tertiary/aromatic N) is 2. The Balaban J connectivity index is 2.31. The van der Waals surface area contributed by atoms with E-state index >= 15 is 0 Å². The molecule has 3 N–H and O–H groups in total. The maximum absolute atomic E-state index is 12.4. The minimum absolute atomic E-state index is 0.104. The van der Waals surface area contributed by atoms with Gasteiger partial charge in [0.15, 0.2) is 0 Å². The molecule has 2 aromatic rings. The highest BCUT2D eigenvalue weighted by atomic mass is 16.2. The molecule has 0 aliphatic heterocycles. The third kappa shape index (κ3) is 2.71. The molecule has 0 bridgehead atoms. The number of benzene rings is 1. The van der Waals surface area contributed by atoms with E-state index in [1.807, 2.05) is 31.2 Å². The molecule has 0 atom stereocenters. The Morgan fingerprint density at radius 3 is 2.74 bits per heavy atom. The van der Waals surface area contributed by atoms with E-state index < -0.39 is 0 Å². The highest BCUT2D eigenvalue weighted by Gasteiger charge is 2.15. The van der Waals surface area contributed by atoms with Crippen LogP contribution in [0, 0.1) is 6.92 Å². The maximum Gasteiger partial charge on any atom is 0.258 e. The van der Waals surface area contributed by atoms with E-state index in [9.17, 15) is 4.79 Å². The van der Waals surface area contributed by atoms with Gasteiger partial charge in [0.05, 0.1) is 0 Å². The van der Waals surface area contributed by atoms with E-state index in [4.69, 9.17) is 5.84 Å². The first-order valence-electron chi connectivity index (χ1n) is 5.90. The van der Waals surface area contributed by atoms with Crippen molar-refractivity contribution in [1.29, 1.82) is 0 Å². The summed E-state index contributed by atoms with van der Waals surface area (Å²) < 4.78 is 0. The van der Waals surface area contributed by atoms with E-state index in [1.54, 1.807) is 30.3 Å². The minimum atomic E-state index is -0.104. The van der Waals surface area contributed by atoms with Crippen molar-refractivity contribution in [2.45, 2.75) is 6.92 Å². The number of rotatable bonds is 3. The van der Waals surface area contributed by atoms with Crippen LogP contribution in [0.5, 0.6) is 0 Å². The summed E-state index contributed by atoms with van der Waals surface area (Å²) in [5.41, 5.74) is 4.89. The maximum atomic E-state index is 12.4. The molecule has 0 saturated carbocycles. The van der Waals surface area contributed by atoms with Crippen LogP contribution in [0.3, 0.4) is 0 Å². The van der Waals surface area contributed by atoms with Crippen molar-refractivity contribution < 1.29 is 4.79 Å². The molecular formula is C14H16N4O. The van der Waals surface area contributed by atoms with Crippen molar-refractivity contribution in [2.75, 3.05) is 17.4 Å². The molecule has 19 heavy (non-hydrogen) atoms. The monoisotopic (exact) mass is 256 g/mol. The molecular weight excluding hydrogens is 240 g/mol. The van der Waals surface area contributed by atoms with E-state index in [0.717, 1.165) is 11.3 Å². The van der Waals surface area contributed by atoms with Crippen LogP contribution in [0.1, 0.15) is 15.9 Å². The first kappa shape index (κ1) is 13.0. The smallest absolute Gasteiger partial charge is 0.258 e. The highest BCUT2D eigenvalue weighted by molar-refractivity contribution is 6.06. The normalized spacial score (nSPS) is 10.1. The summed E-state index contributed by atoms with van der Waals surface area (Å²) >= 11 is 0. The van der Waals surface area contributed by atoms with Gasteiger partial charge in [-0.15, -0.1) is 0 Å². The van der Waals surface area contributed by atoms with Crippen LogP contribution in [0.25, 0.3) is 0 Å². The van der Waals surface area contributed by atoms with Crippen molar-refractivity contribution in [1.82, 2.24) is 4.98 Å². The number of hydrazine groups is 1. The second kappa shape index (κ2) is 5.49. The zero-order chi connectivity index (χ0) is 13.8. The first-order chi connectivity index (χ1) is 9.13. The van der Waals surface area contributed by atoms with Crippen molar-refractivity contribution >= 4 is 17.4 Å². The number of carbonyl (C=O) groups is 1. The van der Waals surface area contributed by atoms with E-state index in [2.05, 4.69) is 10.4 Å². The Morgan fingerprint density at radius 2 is 2.05 bits per heavy atom. The largest absolute Gasteiger partial charge is 0.311 e. The number of hydrogen-bond acceptors (Lipinski definition) is 4. The number of amides is 1. The lowest BCUT2D eigenvalue weighted by Crippen LogP contribution is -2.27. The number of nitrogen functional groups attached to an aromatic ring is 1. The van der Waals surface area contributed by atoms with Gasteiger partial charge in [0.25, 0.3) is 5.91 Å². The van der Waals surface area contributed by atoms with Crippen LogP contribution < -0.4 is 16.2 Å². The average Bonchev–Trinajstić information content (AvgIpc) is 2.46. The minimum Gasteiger partial charge on any atom is -0.311 e. The number of anilines is 2. The van der Waals surface area contributed by atoms with Crippen LogP contribution >= 0.6 is 0 Å². The van der Waals surface area contributed by atoms with Gasteiger partial charge >= 0.3 is 0 Å². The average molecular weight is 256 g/mol. The molecule has 2 rings (SSSR count). The fourth-order valence-electron chi connectivity index (χ4n) is 1.89. The molecule has 0 radical (unpaired) electrons. The van der Waals surface area contributed by atoms with Crippen molar-refractivity contribution in [3.05, 3.63) is 53.7 Å². The lowest BCUT2D eigenvalue weighted by molar-refractivity contribution is 0.0993. The van der Waals surface area contributed by atoms with Gasteiger partial charge in [-0.25, -0.2) is 10.8 Å². The Kier molecular flexibility index (Phi) is 3.77. The summed E-state index contributed by atoms with van der Waals surface area (Å²) in [6.07, 6.45) is 1.55. The van der Waals surface area contributed by atoms with E-state index in [1.165, 1.54) is 0 Å². The number of nitrogens with one attached hydrogen (secondary N) is 1. The topological polar surface area (TPSA) is 71.2 Å². The lowest BCUT2D eigenvalue weighted by atomic mass is 10.1. The molecule has 5 heteroatoms. The molecule has 1 aromatic carbocycles. The Morgan fingerprint density at radius 1 is 1.32 bits per heavy atom. The van der Waals surface area contributed by atoms with Crippen LogP contribution in [-0.4, -0.2) is 17.9 Å². The number of para-hydroxylation sites is 1. The molecule has 0 aliphatic rings. The van der Waals surface area contributed by atoms with Gasteiger partial charge in [-0.3, -0.25) is 4.79 Å². The Bertz CT molecular complexity index is 598. The van der Waals surface area contributed by atoms with Gasteiger partial charge in [-0.2, -0.15) is 0 Å². The van der Waals surface area contributed by atoms with Gasteiger partial charge in [-0.1, -0.05) is 18.2 Å². The predicted molar refractivity (Wildman–Crippen MR) is 76.0 cm³/mol. The lowest BCUT2D eigenvalue weighted by Gasteiger charge is -2.19. The summed E-state index contributed by atoms with van der Waals surface area (Å²) in [5, 5.41) is 0. The fraction of sp³-hybridized carbons (Fsp3) is 0.143. The molecule has 5 nitrogen and oxygen atoms in total. The summed E-state index contributed by atoms with van der Waals surface area (Å²) in [6.45, 7) is 1.97. The number of nitrogens with two attached hydrogens (primary N) is 1. The van der Waals surface area contributed by atoms with Crippen molar-refractivity contribution in [2.24, 2.45) is 5.84 Å². The molecule has 1 heterocycles. The Labute approximate surface area is 112 Å². The molecule has 1 aromatic heterocycles. The summed E-state index contributed by atoms with van der Waals surface area (Å²) in [7, 11) is 1.75. The number of aromatic nitrogens is 1. The van der Waals surface area contributed by atoms with Crippen molar-refractivity contribution in [3.8, 4) is 0 Å². The van der Waals surface area contributed by atoms with Crippen LogP contribution in [-0.2, 0) is 0 Å². The van der Waals surface area contributed by atoms with Gasteiger partial charge in [-0.05, 0) is 30.7 Å². The molecule has 0 unspecified atom stereocenters. The quantitative estimate of drug-likeness (QED) is 0.650. The Hall–Kier alpha value is -2.40. The summed E-state index contributed by atoms with van der Waals surface area (Å²) in [6, 6.07) is 11.0. The second-order valence-corrected chi connectivity index (χ2v) is 4.22. The second-order valence-electron chi connectivity index (χ2n) is 4.22. The van der Waals surface area contributed by atoms with Gasteiger partial charge in [0, 0.05) is 24.5 Å². The van der Waals surface area contributed by atoms with Crippen LogP contribution in [0.4, 0.5) is 11.5 Å². The third-order valence-electron chi connectivity index (χ3n) is 2.94. The van der Waals surface area contributed by atoms with E-state index in [-0.39, 0.29) is 5.91 Å². The SMILES string of the molecule is Cc1ccccc1N(C)C(=O)c1ccnc(NN)c1. The first-order valence-corrected chi connectivity index (χ1v) is 5.90. The zero-order valence-corrected chi connectivity index (χ0v) is 10.9. The highest BCUT2D eigenvalue weighted by Crippen LogP contribution is 2.20. The molecule has 1 amide bonds. The van der Waals surface area contributed by atoms with E-state index in [0.29, 0.717) is 11.4 Å². The third-order valence-corrected chi connectivity index (χ3v) is 2.94. The number of aryl methyl sites for hydroxylation is 1. The summed E-state index contributed by atoms with van der Waals surface area (Å²) in [4.78, 5) is 18.0. The fourth-order valence-corrected chi connectivity index (χ4v) is 1.89. The predicted octanol–water partition coefficient (Wildman–Crippen LogP) is 1.95. The number of pyridine rings is 1.